The number of nitrogens with two attached hydrogens (primary N) is 1. The van der Waals surface area contributed by atoms with E-state index in [1.54, 1.807) is 13.8 Å². The molecule has 0 heterocycles. The van der Waals surface area contributed by atoms with Gasteiger partial charge in [-0.25, -0.2) is 4.79 Å². The number of hydrazone groups is 1. The second-order valence-corrected chi connectivity index (χ2v) is 7.51. The lowest BCUT2D eigenvalue weighted by Crippen LogP contribution is -2.53. The summed E-state index contributed by atoms with van der Waals surface area (Å²) < 4.78 is 0. The van der Waals surface area contributed by atoms with E-state index in [0.29, 0.717) is 6.42 Å². The van der Waals surface area contributed by atoms with E-state index in [-0.39, 0.29) is 6.42 Å². The zero-order valence-corrected chi connectivity index (χ0v) is 17.7. The van der Waals surface area contributed by atoms with E-state index in [4.69, 9.17) is 10.9 Å². The monoisotopic (exact) mass is 434 g/mol. The largest absolute Gasteiger partial charge is 0.481 e. The first-order chi connectivity index (χ1) is 14.6. The molecule has 0 radical (unpaired) electrons. The summed E-state index contributed by atoms with van der Waals surface area (Å²) >= 11 is 0. The summed E-state index contributed by atoms with van der Waals surface area (Å²) in [6.45, 7) is 3.23. The van der Waals surface area contributed by atoms with Crippen LogP contribution in [0.15, 0.2) is 29.4 Å². The Kier molecular flexibility index (Phi) is 10.7. The molecule has 6 N–H and O–H groups in total. The highest BCUT2D eigenvalue weighted by Crippen LogP contribution is 2.09. The zero-order valence-electron chi connectivity index (χ0n) is 17.7. The maximum atomic E-state index is 12.4. The van der Waals surface area contributed by atoms with Crippen molar-refractivity contribution in [3.05, 3.63) is 35.4 Å². The number of rotatable bonds is 13. The first kappa shape index (κ1) is 25.6. The van der Waals surface area contributed by atoms with Crippen molar-refractivity contribution in [1.82, 2.24) is 10.6 Å². The summed E-state index contributed by atoms with van der Waals surface area (Å²) in [7, 11) is 0. The van der Waals surface area contributed by atoms with Gasteiger partial charge in [0.05, 0.1) is 12.6 Å². The lowest BCUT2D eigenvalue weighted by molar-refractivity contribution is -0.144. The number of amides is 2. The van der Waals surface area contributed by atoms with Gasteiger partial charge >= 0.3 is 11.9 Å². The van der Waals surface area contributed by atoms with E-state index in [0.717, 1.165) is 24.0 Å². The highest BCUT2D eigenvalue weighted by molar-refractivity contribution is 5.92. The summed E-state index contributed by atoms with van der Waals surface area (Å²) in [5.74, 6) is 0.891. The Labute approximate surface area is 180 Å². The van der Waals surface area contributed by atoms with Gasteiger partial charge in [-0.05, 0) is 36.3 Å². The Morgan fingerprint density at radius 2 is 1.71 bits per heavy atom. The predicted molar refractivity (Wildman–Crippen MR) is 114 cm³/mol. The average molecular weight is 434 g/mol. The topological polar surface area (TPSA) is 171 Å². The first-order valence-electron chi connectivity index (χ1n) is 10.0. The van der Waals surface area contributed by atoms with Crippen LogP contribution in [-0.4, -0.2) is 52.3 Å². The number of nitrogens with zero attached hydrogens (tertiary/aromatic N) is 1. The van der Waals surface area contributed by atoms with Crippen molar-refractivity contribution >= 4 is 30.0 Å². The standard InChI is InChI=1S/C21H30N4O6/c1-13(2)19(21(30)31)25-20(29)16(11-18(27)28)24-17(26)6-4-3-5-14-7-9-15(10-8-14)12-23-22/h7-10,12-13,16,19H,3-6,11,22H2,1-2H3,(H,24,26)(H,25,29)(H,27,28)(H,30,31)/t16-,19-/m0/s1. The predicted octanol–water partition coefficient (Wildman–Crippen LogP) is 0.877. The van der Waals surface area contributed by atoms with Crippen molar-refractivity contribution in [3.63, 3.8) is 0 Å². The normalized spacial score (nSPS) is 13.0. The molecule has 0 saturated heterocycles. The molecule has 0 aromatic heterocycles. The number of carbonyl (C=O) groups excluding carboxylic acids is 2. The van der Waals surface area contributed by atoms with E-state index < -0.39 is 48.2 Å². The van der Waals surface area contributed by atoms with E-state index in [1.165, 1.54) is 6.21 Å². The third-order valence-corrected chi connectivity index (χ3v) is 4.58. The average Bonchev–Trinajstić information content (AvgIpc) is 2.69. The minimum absolute atomic E-state index is 0.119. The van der Waals surface area contributed by atoms with Crippen LogP contribution in [0.3, 0.4) is 0 Å². The molecule has 1 aromatic carbocycles. The molecule has 0 spiro atoms. The number of nitrogens with one attached hydrogen (secondary N) is 2. The SMILES string of the molecule is CC(C)[C@H](NC(=O)[C@H](CC(=O)O)NC(=O)CCCCc1ccc(C=NN)cc1)C(=O)O. The Bertz CT molecular complexity index is 792. The number of carboxylic acid groups (broad SMARTS) is 2. The van der Waals surface area contributed by atoms with Crippen molar-refractivity contribution in [3.8, 4) is 0 Å². The Morgan fingerprint density at radius 3 is 2.23 bits per heavy atom. The second kappa shape index (κ2) is 13.0. The van der Waals surface area contributed by atoms with E-state index in [2.05, 4.69) is 15.7 Å². The summed E-state index contributed by atoms with van der Waals surface area (Å²) in [6, 6.07) is 5.13. The molecule has 10 heteroatoms. The second-order valence-electron chi connectivity index (χ2n) is 7.51. The highest BCUT2D eigenvalue weighted by atomic mass is 16.4. The number of unbranched alkanes of at least 4 members (excludes halogenated alkanes) is 1. The fraction of sp³-hybridized carbons (Fsp3) is 0.476. The molecular weight excluding hydrogens is 404 g/mol. The van der Waals surface area contributed by atoms with Gasteiger partial charge in [0.15, 0.2) is 0 Å². The van der Waals surface area contributed by atoms with Crippen molar-refractivity contribution in [2.24, 2.45) is 16.9 Å². The van der Waals surface area contributed by atoms with Gasteiger partial charge in [-0.1, -0.05) is 38.1 Å². The number of aryl methyl sites for hydroxylation is 1. The Morgan fingerprint density at radius 1 is 1.06 bits per heavy atom. The molecule has 2 amide bonds. The number of benzene rings is 1. The molecule has 0 aliphatic heterocycles. The molecule has 0 aliphatic carbocycles. The lowest BCUT2D eigenvalue weighted by atomic mass is 10.0. The Balaban J connectivity index is 2.54. The van der Waals surface area contributed by atoms with Gasteiger partial charge in [0.25, 0.3) is 0 Å². The highest BCUT2D eigenvalue weighted by Gasteiger charge is 2.29. The van der Waals surface area contributed by atoms with Gasteiger partial charge < -0.3 is 26.7 Å². The van der Waals surface area contributed by atoms with Crippen LogP contribution in [-0.2, 0) is 25.6 Å². The van der Waals surface area contributed by atoms with Crippen LogP contribution in [0.5, 0.6) is 0 Å². The zero-order chi connectivity index (χ0) is 23.4. The van der Waals surface area contributed by atoms with Crippen LogP contribution in [0.2, 0.25) is 0 Å². The molecule has 0 aliphatic rings. The smallest absolute Gasteiger partial charge is 0.326 e. The molecule has 170 valence electrons. The maximum absolute atomic E-state index is 12.4. The molecule has 10 nitrogen and oxygen atoms in total. The van der Waals surface area contributed by atoms with Crippen LogP contribution < -0.4 is 16.5 Å². The quantitative estimate of drug-likeness (QED) is 0.133. The third kappa shape index (κ3) is 9.75. The molecule has 1 aromatic rings. The van der Waals surface area contributed by atoms with Crippen LogP contribution in [0.25, 0.3) is 0 Å². The van der Waals surface area contributed by atoms with Crippen LogP contribution in [0.4, 0.5) is 0 Å². The van der Waals surface area contributed by atoms with E-state index in [1.807, 2.05) is 24.3 Å². The number of carboxylic acids is 2. The lowest BCUT2D eigenvalue weighted by Gasteiger charge is -2.22. The van der Waals surface area contributed by atoms with E-state index in [9.17, 15) is 24.3 Å². The van der Waals surface area contributed by atoms with Gasteiger partial charge in [-0.15, -0.1) is 0 Å². The fourth-order valence-corrected chi connectivity index (χ4v) is 2.89. The maximum Gasteiger partial charge on any atom is 0.326 e. The fourth-order valence-electron chi connectivity index (χ4n) is 2.89. The number of carbonyl (C=O) groups is 4. The number of aliphatic carboxylic acids is 2. The van der Waals surface area contributed by atoms with Crippen molar-refractivity contribution in [2.75, 3.05) is 0 Å². The molecule has 0 bridgehead atoms. The van der Waals surface area contributed by atoms with Crippen molar-refractivity contribution in [2.45, 2.75) is 58.0 Å². The number of hydrogen-bond donors (Lipinski definition) is 5. The van der Waals surface area contributed by atoms with Crippen molar-refractivity contribution < 1.29 is 29.4 Å². The summed E-state index contributed by atoms with van der Waals surface area (Å²) in [4.78, 5) is 46.9. The van der Waals surface area contributed by atoms with Gasteiger partial charge in [0, 0.05) is 6.42 Å². The third-order valence-electron chi connectivity index (χ3n) is 4.58. The van der Waals surface area contributed by atoms with Gasteiger partial charge in [0.1, 0.15) is 12.1 Å². The van der Waals surface area contributed by atoms with Gasteiger partial charge in [-0.3, -0.25) is 14.4 Å². The van der Waals surface area contributed by atoms with Gasteiger partial charge in [0.2, 0.25) is 11.8 Å². The summed E-state index contributed by atoms with van der Waals surface area (Å²) in [5, 5.41) is 26.4. The molecular formula is C21H30N4O6. The molecule has 0 unspecified atom stereocenters. The molecule has 2 atom stereocenters. The van der Waals surface area contributed by atoms with Gasteiger partial charge in [-0.2, -0.15) is 5.10 Å². The molecule has 0 saturated carbocycles. The molecule has 1 rings (SSSR count). The van der Waals surface area contributed by atoms with Crippen LogP contribution in [0.1, 0.15) is 50.7 Å². The van der Waals surface area contributed by atoms with Crippen LogP contribution in [0, 0.1) is 5.92 Å². The summed E-state index contributed by atoms with van der Waals surface area (Å²) in [5.41, 5.74) is 1.97. The minimum Gasteiger partial charge on any atom is -0.481 e. The Hall–Kier alpha value is -3.43. The first-order valence-corrected chi connectivity index (χ1v) is 10.0. The molecule has 0 fully saturated rings. The van der Waals surface area contributed by atoms with Crippen molar-refractivity contribution in [1.29, 1.82) is 0 Å². The number of hydrogen-bond acceptors (Lipinski definition) is 6. The minimum atomic E-state index is -1.35. The summed E-state index contributed by atoms with van der Waals surface area (Å²) in [6.07, 6.45) is 3.04. The van der Waals surface area contributed by atoms with Crippen LogP contribution >= 0.6 is 0 Å². The molecule has 31 heavy (non-hydrogen) atoms. The van der Waals surface area contributed by atoms with E-state index >= 15 is 0 Å².